The number of nitrogens with zero attached hydrogens (tertiary/aromatic N) is 2. The molecule has 7 heteroatoms. The Kier molecular flexibility index (Phi) is 7.99. The molecule has 1 fully saturated rings. The fraction of sp³-hybridized carbons (Fsp3) is 0.333. The highest BCUT2D eigenvalue weighted by molar-refractivity contribution is 6.04. The number of piperazine rings is 1. The minimum absolute atomic E-state index is 0. The Morgan fingerprint density at radius 3 is 2.07 bits per heavy atom. The summed E-state index contributed by atoms with van der Waals surface area (Å²) in [7, 11) is 2.07. The van der Waals surface area contributed by atoms with Crippen LogP contribution in [0.15, 0.2) is 48.5 Å². The van der Waals surface area contributed by atoms with E-state index in [0.717, 1.165) is 37.3 Å². The lowest BCUT2D eigenvalue weighted by Gasteiger charge is -2.32. The van der Waals surface area contributed by atoms with E-state index in [9.17, 15) is 9.59 Å². The van der Waals surface area contributed by atoms with Crippen molar-refractivity contribution < 1.29 is 9.59 Å². The highest BCUT2D eigenvalue weighted by atomic mass is 35.5. The van der Waals surface area contributed by atoms with Crippen molar-refractivity contribution in [2.24, 2.45) is 5.73 Å². The van der Waals surface area contributed by atoms with Crippen molar-refractivity contribution in [3.05, 3.63) is 65.2 Å². The Morgan fingerprint density at radius 2 is 1.50 bits per heavy atom. The zero-order chi connectivity index (χ0) is 19.2. The monoisotopic (exact) mass is 402 g/mol. The lowest BCUT2D eigenvalue weighted by molar-refractivity contribution is -0.132. The van der Waals surface area contributed by atoms with Gasteiger partial charge < -0.3 is 20.9 Å². The largest absolute Gasteiger partial charge is 0.340 e. The van der Waals surface area contributed by atoms with Gasteiger partial charge in [-0.05, 0) is 42.4 Å². The van der Waals surface area contributed by atoms with Gasteiger partial charge in [0.25, 0.3) is 5.91 Å². The number of carbonyl (C=O) groups is 2. The van der Waals surface area contributed by atoms with Crippen LogP contribution in [0.5, 0.6) is 0 Å². The summed E-state index contributed by atoms with van der Waals surface area (Å²) in [6, 6.07) is 14.7. The van der Waals surface area contributed by atoms with Crippen LogP contribution in [0.4, 0.5) is 5.69 Å². The Balaban J connectivity index is 0.00000280. The molecule has 2 amide bonds. The molecule has 0 spiro atoms. The molecule has 0 atom stereocenters. The number of likely N-dealkylation sites (N-methyl/N-ethyl adjacent to an activating group) is 1. The lowest BCUT2D eigenvalue weighted by atomic mass is 10.1. The zero-order valence-corrected chi connectivity index (χ0v) is 16.9. The number of carbonyl (C=O) groups excluding carboxylic acids is 2. The predicted octanol–water partition coefficient (Wildman–Crippen LogP) is 2.14. The van der Waals surface area contributed by atoms with Crippen molar-refractivity contribution in [2.45, 2.75) is 13.0 Å². The fourth-order valence-corrected chi connectivity index (χ4v) is 3.04. The molecule has 1 aliphatic rings. The number of nitrogens with two attached hydrogens (primary N) is 1. The van der Waals surface area contributed by atoms with Gasteiger partial charge in [-0.3, -0.25) is 9.59 Å². The first-order valence-electron chi connectivity index (χ1n) is 9.21. The van der Waals surface area contributed by atoms with Gasteiger partial charge in [-0.2, -0.15) is 0 Å². The summed E-state index contributed by atoms with van der Waals surface area (Å²) < 4.78 is 0. The molecule has 2 aromatic carbocycles. The van der Waals surface area contributed by atoms with Crippen LogP contribution in [-0.4, -0.2) is 54.8 Å². The molecule has 0 radical (unpaired) electrons. The normalized spacial score (nSPS) is 14.3. The molecular formula is C21H27ClN4O2. The number of amides is 2. The van der Waals surface area contributed by atoms with Crippen LogP contribution in [0, 0.1) is 0 Å². The Labute approximate surface area is 172 Å². The van der Waals surface area contributed by atoms with Gasteiger partial charge in [-0.1, -0.05) is 24.3 Å². The van der Waals surface area contributed by atoms with Gasteiger partial charge in [-0.15, -0.1) is 12.4 Å². The minimum atomic E-state index is -0.167. The molecule has 0 bridgehead atoms. The Hall–Kier alpha value is -2.41. The smallest absolute Gasteiger partial charge is 0.255 e. The van der Waals surface area contributed by atoms with E-state index in [-0.39, 0.29) is 24.2 Å². The molecule has 6 nitrogen and oxygen atoms in total. The average Bonchev–Trinajstić information content (AvgIpc) is 2.70. The second-order valence-electron chi connectivity index (χ2n) is 6.91. The second kappa shape index (κ2) is 10.2. The number of anilines is 1. The zero-order valence-electron chi connectivity index (χ0n) is 16.1. The van der Waals surface area contributed by atoms with Gasteiger partial charge in [0.05, 0.1) is 6.42 Å². The lowest BCUT2D eigenvalue weighted by Crippen LogP contribution is -2.47. The van der Waals surface area contributed by atoms with Crippen LogP contribution in [0.1, 0.15) is 21.5 Å². The number of rotatable bonds is 5. The maximum atomic E-state index is 12.4. The standard InChI is InChI=1S/C21H26N4O2.ClH/c1-24-10-12-25(13-11-24)20(26)14-16-4-8-19(9-5-16)23-21(27)18-6-2-17(15-22)3-7-18;/h2-9H,10-15,22H2,1H3,(H,23,27);1H. The van der Waals surface area contributed by atoms with E-state index < -0.39 is 0 Å². The van der Waals surface area contributed by atoms with Gasteiger partial charge in [-0.25, -0.2) is 0 Å². The summed E-state index contributed by atoms with van der Waals surface area (Å²) in [5, 5.41) is 2.87. The van der Waals surface area contributed by atoms with Gasteiger partial charge in [0.15, 0.2) is 0 Å². The van der Waals surface area contributed by atoms with Gasteiger partial charge in [0.2, 0.25) is 5.91 Å². The van der Waals surface area contributed by atoms with Crippen molar-refractivity contribution in [1.29, 1.82) is 0 Å². The SMILES string of the molecule is CN1CCN(C(=O)Cc2ccc(NC(=O)c3ccc(CN)cc3)cc2)CC1.Cl. The van der Waals surface area contributed by atoms with E-state index in [1.165, 1.54) is 0 Å². The first-order chi connectivity index (χ1) is 13.0. The predicted molar refractivity (Wildman–Crippen MR) is 114 cm³/mol. The molecule has 2 aromatic rings. The molecule has 3 rings (SSSR count). The summed E-state index contributed by atoms with van der Waals surface area (Å²) in [6.07, 6.45) is 0.387. The van der Waals surface area contributed by atoms with E-state index in [4.69, 9.17) is 5.73 Å². The van der Waals surface area contributed by atoms with Crippen molar-refractivity contribution in [3.8, 4) is 0 Å². The molecular weight excluding hydrogens is 376 g/mol. The van der Waals surface area contributed by atoms with Crippen LogP contribution in [-0.2, 0) is 17.8 Å². The van der Waals surface area contributed by atoms with Crippen LogP contribution >= 0.6 is 12.4 Å². The fourth-order valence-electron chi connectivity index (χ4n) is 3.04. The van der Waals surface area contributed by atoms with Crippen LogP contribution in [0.25, 0.3) is 0 Å². The van der Waals surface area contributed by atoms with Crippen molar-refractivity contribution >= 4 is 29.9 Å². The van der Waals surface area contributed by atoms with E-state index in [1.54, 1.807) is 12.1 Å². The maximum absolute atomic E-state index is 12.4. The number of hydrogen-bond acceptors (Lipinski definition) is 4. The summed E-state index contributed by atoms with van der Waals surface area (Å²) in [5.41, 5.74) is 8.80. The van der Waals surface area contributed by atoms with Crippen LogP contribution < -0.4 is 11.1 Å². The second-order valence-corrected chi connectivity index (χ2v) is 6.91. The topological polar surface area (TPSA) is 78.7 Å². The Morgan fingerprint density at radius 1 is 0.929 bits per heavy atom. The molecule has 1 heterocycles. The highest BCUT2D eigenvalue weighted by Gasteiger charge is 2.19. The average molecular weight is 403 g/mol. The van der Waals surface area contributed by atoms with Crippen LogP contribution in [0.2, 0.25) is 0 Å². The van der Waals surface area contributed by atoms with Crippen molar-refractivity contribution in [2.75, 3.05) is 38.5 Å². The summed E-state index contributed by atoms with van der Waals surface area (Å²) in [5.74, 6) is -0.0142. The molecule has 28 heavy (non-hydrogen) atoms. The minimum Gasteiger partial charge on any atom is -0.340 e. The summed E-state index contributed by atoms with van der Waals surface area (Å²) in [4.78, 5) is 28.8. The number of nitrogens with one attached hydrogen (secondary N) is 1. The van der Waals surface area contributed by atoms with Crippen molar-refractivity contribution in [3.63, 3.8) is 0 Å². The first kappa shape index (κ1) is 21.9. The molecule has 150 valence electrons. The number of benzene rings is 2. The molecule has 0 aromatic heterocycles. The van der Waals surface area contributed by atoms with Gasteiger partial charge in [0, 0.05) is 44.0 Å². The van der Waals surface area contributed by atoms with Gasteiger partial charge >= 0.3 is 0 Å². The quantitative estimate of drug-likeness (QED) is 0.803. The molecule has 1 saturated heterocycles. The molecule has 0 unspecified atom stereocenters. The molecule has 0 aliphatic carbocycles. The highest BCUT2D eigenvalue weighted by Crippen LogP contribution is 2.14. The van der Waals surface area contributed by atoms with E-state index in [0.29, 0.717) is 24.2 Å². The molecule has 3 N–H and O–H groups in total. The molecule has 0 saturated carbocycles. The molecule has 1 aliphatic heterocycles. The third kappa shape index (κ3) is 5.79. The summed E-state index contributed by atoms with van der Waals surface area (Å²) in [6.45, 7) is 3.86. The van der Waals surface area contributed by atoms with Crippen molar-refractivity contribution in [1.82, 2.24) is 9.80 Å². The first-order valence-corrected chi connectivity index (χ1v) is 9.21. The summed E-state index contributed by atoms with van der Waals surface area (Å²) >= 11 is 0. The number of halogens is 1. The third-order valence-corrected chi connectivity index (χ3v) is 4.87. The van der Waals surface area contributed by atoms with E-state index >= 15 is 0 Å². The number of hydrogen-bond donors (Lipinski definition) is 2. The van der Waals surface area contributed by atoms with Crippen LogP contribution in [0.3, 0.4) is 0 Å². The Bertz CT molecular complexity index is 785. The van der Waals surface area contributed by atoms with E-state index in [1.807, 2.05) is 41.3 Å². The maximum Gasteiger partial charge on any atom is 0.255 e. The van der Waals surface area contributed by atoms with E-state index in [2.05, 4.69) is 17.3 Å². The third-order valence-electron chi connectivity index (χ3n) is 4.87. The van der Waals surface area contributed by atoms with Gasteiger partial charge in [0.1, 0.15) is 0 Å².